The van der Waals surface area contributed by atoms with E-state index < -0.39 is 0 Å². The molecule has 2 N–H and O–H groups in total. The van der Waals surface area contributed by atoms with Crippen LogP contribution < -0.4 is 5.32 Å². The number of nitrogens with one attached hydrogen (secondary N) is 1. The van der Waals surface area contributed by atoms with Crippen LogP contribution in [0.25, 0.3) is 0 Å². The minimum Gasteiger partial charge on any atom is -0.389 e. The summed E-state index contributed by atoms with van der Waals surface area (Å²) >= 11 is 0. The molecule has 4 saturated carbocycles. The van der Waals surface area contributed by atoms with Crippen molar-refractivity contribution in [2.45, 2.75) is 69.1 Å². The van der Waals surface area contributed by atoms with Gasteiger partial charge >= 0.3 is 0 Å². The Morgan fingerprint density at radius 2 is 1.64 bits per heavy atom. The second-order valence-electron chi connectivity index (χ2n) is 8.36. The third kappa shape index (κ3) is 3.35. The maximum Gasteiger partial charge on any atom is 0.0898 e. The fraction of sp³-hybridized carbons (Fsp3) is 1.00. The largest absolute Gasteiger partial charge is 0.389 e. The van der Waals surface area contributed by atoms with E-state index in [1.165, 1.54) is 38.5 Å². The molecule has 5 rings (SSSR count). The van der Waals surface area contributed by atoms with Crippen LogP contribution in [0, 0.1) is 17.8 Å². The van der Waals surface area contributed by atoms with Crippen LogP contribution in [0.4, 0.5) is 0 Å². The molecule has 0 aromatic carbocycles. The Hall–Kier alpha value is -0.160. The van der Waals surface area contributed by atoms with Crippen molar-refractivity contribution >= 4 is 0 Å². The van der Waals surface area contributed by atoms with Gasteiger partial charge in [0.25, 0.3) is 0 Å². The molecular formula is C18H31NO3. The average molecular weight is 309 g/mol. The number of aliphatic hydroxyl groups is 1. The monoisotopic (exact) mass is 309 g/mol. The molecule has 4 nitrogen and oxygen atoms in total. The maximum atomic E-state index is 10.3. The zero-order valence-electron chi connectivity index (χ0n) is 13.6. The van der Waals surface area contributed by atoms with Gasteiger partial charge in [0.15, 0.2) is 0 Å². The van der Waals surface area contributed by atoms with Crippen molar-refractivity contribution in [3.05, 3.63) is 0 Å². The van der Waals surface area contributed by atoms with Gasteiger partial charge in [0, 0.05) is 25.8 Å². The lowest BCUT2D eigenvalue weighted by Crippen LogP contribution is -2.53. The second kappa shape index (κ2) is 6.39. The topological polar surface area (TPSA) is 50.7 Å². The smallest absolute Gasteiger partial charge is 0.0898 e. The lowest BCUT2D eigenvalue weighted by molar-refractivity contribution is -0.174. The van der Waals surface area contributed by atoms with Gasteiger partial charge in [0.1, 0.15) is 0 Å². The Balaban J connectivity index is 1.22. The molecule has 22 heavy (non-hydrogen) atoms. The highest BCUT2D eigenvalue weighted by molar-refractivity contribution is 5.03. The van der Waals surface area contributed by atoms with Gasteiger partial charge in [-0.25, -0.2) is 0 Å². The summed E-state index contributed by atoms with van der Waals surface area (Å²) in [7, 11) is 0. The molecule has 0 radical (unpaired) electrons. The van der Waals surface area contributed by atoms with E-state index in [0.29, 0.717) is 19.2 Å². The minimum absolute atomic E-state index is 0.119. The summed E-state index contributed by atoms with van der Waals surface area (Å²) in [6.45, 7) is 2.84. The molecule has 1 atom stereocenters. The van der Waals surface area contributed by atoms with Gasteiger partial charge in [0.2, 0.25) is 0 Å². The van der Waals surface area contributed by atoms with Gasteiger partial charge in [0.05, 0.1) is 18.3 Å². The van der Waals surface area contributed by atoms with Crippen LogP contribution in [-0.2, 0) is 9.47 Å². The first-order chi connectivity index (χ1) is 10.7. The van der Waals surface area contributed by atoms with Crippen molar-refractivity contribution in [3.63, 3.8) is 0 Å². The van der Waals surface area contributed by atoms with E-state index in [0.717, 1.165) is 43.8 Å². The van der Waals surface area contributed by atoms with Gasteiger partial charge < -0.3 is 19.9 Å². The highest BCUT2D eigenvalue weighted by Gasteiger charge is 2.51. The van der Waals surface area contributed by atoms with Gasteiger partial charge in [-0.15, -0.1) is 0 Å². The molecule has 4 heteroatoms. The fourth-order valence-electron chi connectivity index (χ4n) is 5.74. The second-order valence-corrected chi connectivity index (χ2v) is 8.36. The summed E-state index contributed by atoms with van der Waals surface area (Å²) < 4.78 is 11.7. The normalized spacial score (nSPS) is 42.7. The Morgan fingerprint density at radius 3 is 2.23 bits per heavy atom. The lowest BCUT2D eigenvalue weighted by Gasteiger charge is -2.56. The first kappa shape index (κ1) is 15.4. The molecule has 0 amide bonds. The lowest BCUT2D eigenvalue weighted by atomic mass is 9.54. The van der Waals surface area contributed by atoms with Crippen LogP contribution in [0.3, 0.4) is 0 Å². The van der Waals surface area contributed by atoms with Crippen LogP contribution in [0.5, 0.6) is 0 Å². The van der Waals surface area contributed by atoms with Crippen LogP contribution >= 0.6 is 0 Å². The van der Waals surface area contributed by atoms with Crippen molar-refractivity contribution in [2.24, 2.45) is 17.8 Å². The highest BCUT2D eigenvalue weighted by Crippen LogP contribution is 2.57. The summed E-state index contributed by atoms with van der Waals surface area (Å²) in [5.41, 5.74) is 0.119. The molecule has 4 aliphatic carbocycles. The van der Waals surface area contributed by atoms with Gasteiger partial charge in [-0.3, -0.25) is 0 Å². The Bertz CT molecular complexity index is 345. The third-order valence-corrected chi connectivity index (χ3v) is 6.43. The van der Waals surface area contributed by atoms with E-state index in [1.54, 1.807) is 0 Å². The summed E-state index contributed by atoms with van der Waals surface area (Å²) in [4.78, 5) is 0. The van der Waals surface area contributed by atoms with Crippen molar-refractivity contribution < 1.29 is 14.6 Å². The van der Waals surface area contributed by atoms with Crippen LogP contribution in [-0.4, -0.2) is 49.2 Å². The number of rotatable bonds is 6. The molecular weight excluding hydrogens is 278 g/mol. The van der Waals surface area contributed by atoms with Crippen molar-refractivity contribution in [3.8, 4) is 0 Å². The van der Waals surface area contributed by atoms with E-state index in [9.17, 15) is 5.11 Å². The quantitative estimate of drug-likeness (QED) is 0.789. The summed E-state index contributed by atoms with van der Waals surface area (Å²) in [6.07, 6.45) is 9.81. The van der Waals surface area contributed by atoms with E-state index in [-0.39, 0.29) is 11.7 Å². The molecule has 1 heterocycles. The third-order valence-electron chi connectivity index (χ3n) is 6.43. The number of hydrogen-bond acceptors (Lipinski definition) is 4. The first-order valence-electron chi connectivity index (χ1n) is 9.34. The van der Waals surface area contributed by atoms with Gasteiger partial charge in [-0.05, 0) is 69.1 Å². The van der Waals surface area contributed by atoms with Crippen LogP contribution in [0.15, 0.2) is 0 Å². The number of ether oxygens (including phenoxy) is 2. The molecule has 1 aliphatic heterocycles. The summed E-state index contributed by atoms with van der Waals surface area (Å²) in [5, 5.41) is 13.7. The average Bonchev–Trinajstić information content (AvgIpc) is 2.51. The zero-order chi connectivity index (χ0) is 15.0. The molecule has 1 unspecified atom stereocenters. The molecule has 4 bridgehead atoms. The zero-order valence-corrected chi connectivity index (χ0v) is 13.6. The minimum atomic E-state index is -0.379. The van der Waals surface area contributed by atoms with Gasteiger partial charge in [-0.2, -0.15) is 0 Å². The van der Waals surface area contributed by atoms with E-state index >= 15 is 0 Å². The van der Waals surface area contributed by atoms with Crippen LogP contribution in [0.2, 0.25) is 0 Å². The Kier molecular flexibility index (Phi) is 4.46. The Morgan fingerprint density at radius 1 is 1.05 bits per heavy atom. The van der Waals surface area contributed by atoms with Crippen LogP contribution in [0.1, 0.15) is 51.4 Å². The highest BCUT2D eigenvalue weighted by atomic mass is 16.5. The predicted octanol–water partition coefficient (Wildman–Crippen LogP) is 2.10. The molecule has 126 valence electrons. The number of aliphatic hydroxyl groups excluding tert-OH is 1. The fourth-order valence-corrected chi connectivity index (χ4v) is 5.74. The maximum absolute atomic E-state index is 10.3. The van der Waals surface area contributed by atoms with E-state index in [1.807, 2.05) is 0 Å². The molecule has 5 aliphatic rings. The summed E-state index contributed by atoms with van der Waals surface area (Å²) in [5.74, 6) is 2.72. The SMILES string of the molecule is OC(CNC1CCOCC1)COC12CC3CC(CC(C3)C1)C2. The van der Waals surface area contributed by atoms with Gasteiger partial charge in [-0.1, -0.05) is 0 Å². The Labute approximate surface area is 133 Å². The standard InChI is InChI=1S/C18H31NO3/c20-17(11-19-16-1-3-21-4-2-16)12-22-18-8-13-5-14(9-18)7-15(6-13)10-18/h13-17,19-20H,1-12H2. The molecule has 0 aromatic rings. The van der Waals surface area contributed by atoms with E-state index in [2.05, 4.69) is 5.32 Å². The molecule has 5 fully saturated rings. The molecule has 0 aromatic heterocycles. The van der Waals surface area contributed by atoms with Crippen molar-refractivity contribution in [1.29, 1.82) is 0 Å². The van der Waals surface area contributed by atoms with E-state index in [4.69, 9.17) is 9.47 Å². The van der Waals surface area contributed by atoms with Crippen molar-refractivity contribution in [2.75, 3.05) is 26.4 Å². The van der Waals surface area contributed by atoms with Crippen molar-refractivity contribution in [1.82, 2.24) is 5.32 Å². The first-order valence-corrected chi connectivity index (χ1v) is 9.34. The molecule has 1 saturated heterocycles. The molecule has 0 spiro atoms. The number of hydrogen-bond donors (Lipinski definition) is 2. The predicted molar refractivity (Wildman–Crippen MR) is 84.7 cm³/mol. The summed E-state index contributed by atoms with van der Waals surface area (Å²) in [6, 6.07) is 0.503.